The van der Waals surface area contributed by atoms with Crippen molar-refractivity contribution in [1.29, 1.82) is 0 Å². The van der Waals surface area contributed by atoms with Crippen molar-refractivity contribution in [2.24, 2.45) is 0 Å². The van der Waals surface area contributed by atoms with Gasteiger partial charge in [-0.15, -0.1) is 5.10 Å². The van der Waals surface area contributed by atoms with Crippen LogP contribution in [0.4, 0.5) is 5.69 Å². The normalized spacial score (nSPS) is 12.1. The van der Waals surface area contributed by atoms with E-state index in [1.54, 1.807) is 18.3 Å². The minimum absolute atomic E-state index is 0.146. The Balaban J connectivity index is 1.45. The second-order valence-corrected chi connectivity index (χ2v) is 6.33. The van der Waals surface area contributed by atoms with Crippen LogP contribution in [0.5, 0.6) is 0 Å². The minimum atomic E-state index is -1.01. The quantitative estimate of drug-likeness (QED) is 0.551. The topological polar surface area (TPSA) is 98.5 Å². The molecule has 140 valence electrons. The zero-order chi connectivity index (χ0) is 19.7. The summed E-state index contributed by atoms with van der Waals surface area (Å²) in [6.45, 7) is 3.31. The van der Waals surface area contributed by atoms with E-state index in [1.807, 2.05) is 43.3 Å². The summed E-state index contributed by atoms with van der Waals surface area (Å²) in [6.07, 6.45) is 0.563. The van der Waals surface area contributed by atoms with Crippen molar-refractivity contribution in [3.63, 3.8) is 0 Å². The first kappa shape index (κ1) is 17.6. The van der Waals surface area contributed by atoms with Gasteiger partial charge in [0.25, 0.3) is 17.5 Å². The maximum absolute atomic E-state index is 12.4. The smallest absolute Gasteiger partial charge is 0.379 e. The van der Waals surface area contributed by atoms with Crippen LogP contribution >= 0.6 is 0 Å². The van der Waals surface area contributed by atoms with Gasteiger partial charge in [0.2, 0.25) is 0 Å². The van der Waals surface area contributed by atoms with Gasteiger partial charge < -0.3 is 10.1 Å². The molecule has 8 nitrogen and oxygen atoms in total. The van der Waals surface area contributed by atoms with Gasteiger partial charge in [-0.05, 0) is 42.8 Å². The Morgan fingerprint density at radius 3 is 2.68 bits per heavy atom. The molecule has 28 heavy (non-hydrogen) atoms. The molecule has 0 radical (unpaired) electrons. The highest BCUT2D eigenvalue weighted by atomic mass is 16.5. The third-order valence-corrected chi connectivity index (χ3v) is 4.28. The van der Waals surface area contributed by atoms with E-state index < -0.39 is 18.0 Å². The van der Waals surface area contributed by atoms with Gasteiger partial charge in [0.05, 0.1) is 0 Å². The molecule has 1 N–H and O–H groups in total. The summed E-state index contributed by atoms with van der Waals surface area (Å²) in [5, 5.41) is 8.90. The maximum Gasteiger partial charge on any atom is 0.379 e. The summed E-state index contributed by atoms with van der Waals surface area (Å²) in [5.74, 6) is -1.08. The number of rotatable bonds is 4. The Bertz CT molecular complexity index is 1200. The van der Waals surface area contributed by atoms with E-state index in [1.165, 1.54) is 11.4 Å². The molecule has 4 aromatic rings. The standard InChI is InChI=1S/C20H17N5O3/c1-12-9-10-21-20-23-17(24-25(12)20)19(27)28-13(2)18(26)22-16-8-7-14-5-3-4-6-15(14)11-16/h3-11,13H,1-2H3,(H,22,26). The monoisotopic (exact) mass is 375 g/mol. The number of esters is 1. The average Bonchev–Trinajstić information content (AvgIpc) is 3.14. The number of amides is 1. The van der Waals surface area contributed by atoms with Crippen molar-refractivity contribution in [2.45, 2.75) is 20.0 Å². The van der Waals surface area contributed by atoms with Crippen LogP contribution in [0, 0.1) is 6.92 Å². The van der Waals surface area contributed by atoms with Crippen LogP contribution in [-0.2, 0) is 9.53 Å². The van der Waals surface area contributed by atoms with E-state index in [0.29, 0.717) is 11.5 Å². The molecule has 1 unspecified atom stereocenters. The van der Waals surface area contributed by atoms with Crippen molar-refractivity contribution >= 4 is 34.1 Å². The number of aromatic nitrogens is 4. The molecule has 2 aromatic heterocycles. The number of aryl methyl sites for hydroxylation is 1. The van der Waals surface area contributed by atoms with Crippen molar-refractivity contribution < 1.29 is 14.3 Å². The lowest BCUT2D eigenvalue weighted by Gasteiger charge is -2.13. The molecule has 0 aliphatic heterocycles. The summed E-state index contributed by atoms with van der Waals surface area (Å²) in [4.78, 5) is 32.8. The predicted octanol–water partition coefficient (Wildman–Crippen LogP) is 2.77. The summed E-state index contributed by atoms with van der Waals surface area (Å²) < 4.78 is 6.65. The zero-order valence-electron chi connectivity index (χ0n) is 15.3. The number of benzene rings is 2. The number of nitrogens with zero attached hydrogens (tertiary/aromatic N) is 4. The molecule has 2 heterocycles. The van der Waals surface area contributed by atoms with Crippen molar-refractivity contribution in [3.8, 4) is 0 Å². The fraction of sp³-hybridized carbons (Fsp3) is 0.150. The van der Waals surface area contributed by atoms with Crippen LogP contribution in [0.2, 0.25) is 0 Å². The van der Waals surface area contributed by atoms with E-state index in [4.69, 9.17) is 4.74 Å². The van der Waals surface area contributed by atoms with Gasteiger partial charge in [-0.3, -0.25) is 4.79 Å². The van der Waals surface area contributed by atoms with E-state index in [0.717, 1.165) is 16.5 Å². The van der Waals surface area contributed by atoms with Crippen LogP contribution in [0.3, 0.4) is 0 Å². The van der Waals surface area contributed by atoms with Gasteiger partial charge in [-0.1, -0.05) is 30.3 Å². The molecule has 0 aliphatic carbocycles. The third kappa shape index (κ3) is 3.39. The molecule has 0 saturated heterocycles. The van der Waals surface area contributed by atoms with Crippen molar-refractivity contribution in [1.82, 2.24) is 19.6 Å². The van der Waals surface area contributed by atoms with Gasteiger partial charge in [0, 0.05) is 17.6 Å². The second-order valence-electron chi connectivity index (χ2n) is 6.33. The van der Waals surface area contributed by atoms with Gasteiger partial charge in [-0.2, -0.15) is 4.98 Å². The lowest BCUT2D eigenvalue weighted by Crippen LogP contribution is -2.30. The molecule has 2 aromatic carbocycles. The molecule has 8 heteroatoms. The van der Waals surface area contributed by atoms with E-state index in [2.05, 4.69) is 20.4 Å². The molecule has 4 rings (SSSR count). The maximum atomic E-state index is 12.4. The number of fused-ring (bicyclic) bond motifs is 2. The van der Waals surface area contributed by atoms with Gasteiger partial charge >= 0.3 is 5.97 Å². The Kier molecular flexibility index (Phi) is 4.44. The lowest BCUT2D eigenvalue weighted by molar-refractivity contribution is -0.123. The number of carbonyl (C=O) groups excluding carboxylic acids is 2. The largest absolute Gasteiger partial charge is 0.447 e. The van der Waals surface area contributed by atoms with Crippen LogP contribution < -0.4 is 5.32 Å². The number of hydrogen-bond donors (Lipinski definition) is 1. The third-order valence-electron chi connectivity index (χ3n) is 4.28. The predicted molar refractivity (Wildman–Crippen MR) is 103 cm³/mol. The average molecular weight is 375 g/mol. The minimum Gasteiger partial charge on any atom is -0.447 e. The number of carbonyl (C=O) groups is 2. The first-order valence-corrected chi connectivity index (χ1v) is 8.70. The highest BCUT2D eigenvalue weighted by Gasteiger charge is 2.22. The second kappa shape index (κ2) is 7.07. The highest BCUT2D eigenvalue weighted by Crippen LogP contribution is 2.19. The van der Waals surface area contributed by atoms with E-state index in [-0.39, 0.29) is 5.82 Å². The van der Waals surface area contributed by atoms with E-state index in [9.17, 15) is 9.59 Å². The first-order chi connectivity index (χ1) is 13.5. The number of anilines is 1. The summed E-state index contributed by atoms with van der Waals surface area (Å²) in [5.41, 5.74) is 1.40. The van der Waals surface area contributed by atoms with Crippen LogP contribution in [0.1, 0.15) is 23.2 Å². The molecule has 0 spiro atoms. The summed E-state index contributed by atoms with van der Waals surface area (Å²) in [7, 11) is 0. The van der Waals surface area contributed by atoms with Crippen LogP contribution in [0.15, 0.2) is 54.7 Å². The van der Waals surface area contributed by atoms with E-state index >= 15 is 0 Å². The summed E-state index contributed by atoms with van der Waals surface area (Å²) in [6, 6.07) is 15.1. The molecule has 1 amide bonds. The Morgan fingerprint density at radius 1 is 1.11 bits per heavy atom. The fourth-order valence-electron chi connectivity index (χ4n) is 2.77. The van der Waals surface area contributed by atoms with Crippen LogP contribution in [0.25, 0.3) is 16.6 Å². The molecule has 1 atom stereocenters. The highest BCUT2D eigenvalue weighted by molar-refractivity contribution is 5.98. The number of ether oxygens (including phenoxy) is 1. The fourth-order valence-corrected chi connectivity index (χ4v) is 2.77. The van der Waals surface area contributed by atoms with Crippen LogP contribution in [-0.4, -0.2) is 37.6 Å². The molecule has 0 bridgehead atoms. The number of hydrogen-bond acceptors (Lipinski definition) is 6. The molecule has 0 fully saturated rings. The summed E-state index contributed by atoms with van der Waals surface area (Å²) >= 11 is 0. The van der Waals surface area contributed by atoms with Gasteiger partial charge in [0.15, 0.2) is 6.10 Å². The van der Waals surface area contributed by atoms with Gasteiger partial charge in [-0.25, -0.2) is 14.3 Å². The number of nitrogens with one attached hydrogen (secondary N) is 1. The first-order valence-electron chi connectivity index (χ1n) is 8.70. The molecular formula is C20H17N5O3. The van der Waals surface area contributed by atoms with Gasteiger partial charge in [0.1, 0.15) is 0 Å². The SMILES string of the molecule is Cc1ccnc2nc(C(=O)OC(C)C(=O)Nc3ccc4ccccc4c3)nn12. The Morgan fingerprint density at radius 2 is 1.89 bits per heavy atom. The Labute approximate surface area is 160 Å². The zero-order valence-corrected chi connectivity index (χ0v) is 15.3. The van der Waals surface area contributed by atoms with Crippen molar-refractivity contribution in [2.75, 3.05) is 5.32 Å². The Hall–Kier alpha value is -3.81. The van der Waals surface area contributed by atoms with Crippen molar-refractivity contribution in [3.05, 3.63) is 66.2 Å². The molecule has 0 saturated carbocycles. The molecular weight excluding hydrogens is 358 g/mol. The lowest BCUT2D eigenvalue weighted by atomic mass is 10.1. The molecule has 0 aliphatic rings.